The average Bonchev–Trinajstić information content (AvgIpc) is 2.87. The largest absolute Gasteiger partial charge is 0.324 e. The fourth-order valence-corrected chi connectivity index (χ4v) is 1.91. The molecular weight excluding hydrogens is 202 g/mol. The van der Waals surface area contributed by atoms with Gasteiger partial charge in [-0.05, 0) is 24.5 Å². The predicted molar refractivity (Wildman–Crippen MR) is 62.0 cm³/mol. The molecule has 3 rings (SSSR count). The molecule has 0 saturated heterocycles. The maximum Gasteiger partial charge on any atom is 0.230 e. The monoisotopic (exact) mass is 215 g/mol. The van der Waals surface area contributed by atoms with Crippen LogP contribution in [0.3, 0.4) is 0 Å². The zero-order valence-electron chi connectivity index (χ0n) is 9.03. The van der Waals surface area contributed by atoms with Gasteiger partial charge in [-0.3, -0.25) is 10.1 Å². The van der Waals surface area contributed by atoms with Crippen LogP contribution in [0.2, 0.25) is 0 Å². The highest BCUT2D eigenvalue weighted by Gasteiger charge is 2.39. The molecule has 1 amide bonds. The first-order valence-corrected chi connectivity index (χ1v) is 5.49. The van der Waals surface area contributed by atoms with Gasteiger partial charge in [0.15, 0.2) is 0 Å². The summed E-state index contributed by atoms with van der Waals surface area (Å²) in [5, 5.41) is 2.82. The van der Waals surface area contributed by atoms with Gasteiger partial charge >= 0.3 is 0 Å². The topological polar surface area (TPSA) is 57.8 Å². The summed E-state index contributed by atoms with van der Waals surface area (Å²) >= 11 is 0. The van der Waals surface area contributed by atoms with Crippen molar-refractivity contribution in [3.05, 3.63) is 24.3 Å². The van der Waals surface area contributed by atoms with Crippen molar-refractivity contribution in [2.24, 2.45) is 11.8 Å². The molecule has 0 unspecified atom stereocenters. The number of H-pyrrole nitrogens is 1. The molecule has 2 atom stereocenters. The van der Waals surface area contributed by atoms with Gasteiger partial charge in [-0.1, -0.05) is 19.1 Å². The van der Waals surface area contributed by atoms with E-state index in [1.165, 1.54) is 0 Å². The number of imidazole rings is 1. The van der Waals surface area contributed by atoms with Crippen LogP contribution in [0.5, 0.6) is 0 Å². The van der Waals surface area contributed by atoms with E-state index in [9.17, 15) is 4.79 Å². The first kappa shape index (κ1) is 9.39. The van der Waals surface area contributed by atoms with Gasteiger partial charge < -0.3 is 4.98 Å². The molecule has 1 aromatic carbocycles. The van der Waals surface area contributed by atoms with Crippen molar-refractivity contribution in [1.29, 1.82) is 0 Å². The van der Waals surface area contributed by atoms with Crippen LogP contribution >= 0.6 is 0 Å². The van der Waals surface area contributed by atoms with Crippen molar-refractivity contribution < 1.29 is 4.79 Å². The molecule has 82 valence electrons. The summed E-state index contributed by atoms with van der Waals surface area (Å²) in [6.07, 6.45) is 0.992. The lowest BCUT2D eigenvalue weighted by Gasteiger charge is -1.98. The molecule has 4 heteroatoms. The molecule has 0 bridgehead atoms. The van der Waals surface area contributed by atoms with E-state index in [1.807, 2.05) is 24.3 Å². The molecular formula is C12H13N3O. The average molecular weight is 215 g/mol. The lowest BCUT2D eigenvalue weighted by atomic mass is 10.3. The number of amides is 1. The van der Waals surface area contributed by atoms with Crippen LogP contribution in [0.15, 0.2) is 24.3 Å². The Morgan fingerprint density at radius 2 is 2.25 bits per heavy atom. The van der Waals surface area contributed by atoms with E-state index < -0.39 is 0 Å². The maximum atomic E-state index is 11.7. The first-order chi connectivity index (χ1) is 7.74. The second-order valence-corrected chi connectivity index (χ2v) is 4.41. The number of fused-ring (bicyclic) bond motifs is 1. The van der Waals surface area contributed by atoms with Gasteiger partial charge in [0.2, 0.25) is 11.9 Å². The van der Waals surface area contributed by atoms with Crippen molar-refractivity contribution in [3.63, 3.8) is 0 Å². The fraction of sp³-hybridized carbons (Fsp3) is 0.333. The molecule has 1 fully saturated rings. The van der Waals surface area contributed by atoms with E-state index in [4.69, 9.17) is 0 Å². The number of nitrogens with zero attached hydrogens (tertiary/aromatic N) is 1. The van der Waals surface area contributed by atoms with Crippen molar-refractivity contribution >= 4 is 22.9 Å². The van der Waals surface area contributed by atoms with Crippen LogP contribution in [0.1, 0.15) is 13.3 Å². The van der Waals surface area contributed by atoms with Gasteiger partial charge in [0.1, 0.15) is 0 Å². The third kappa shape index (κ3) is 1.56. The highest BCUT2D eigenvalue weighted by molar-refractivity contribution is 5.94. The Labute approximate surface area is 93.1 Å². The number of nitrogens with one attached hydrogen (secondary N) is 2. The molecule has 0 aliphatic heterocycles. The van der Waals surface area contributed by atoms with Crippen LogP contribution in [0.4, 0.5) is 5.95 Å². The molecule has 0 radical (unpaired) electrons. The minimum Gasteiger partial charge on any atom is -0.324 e. The van der Waals surface area contributed by atoms with Gasteiger partial charge in [-0.2, -0.15) is 0 Å². The fourth-order valence-electron chi connectivity index (χ4n) is 1.91. The quantitative estimate of drug-likeness (QED) is 0.806. The van der Waals surface area contributed by atoms with Crippen molar-refractivity contribution in [2.75, 3.05) is 5.32 Å². The molecule has 2 N–H and O–H groups in total. The van der Waals surface area contributed by atoms with Crippen LogP contribution < -0.4 is 5.32 Å². The number of carbonyl (C=O) groups excluding carboxylic acids is 1. The molecule has 1 saturated carbocycles. The number of carbonyl (C=O) groups is 1. The Kier molecular flexibility index (Phi) is 1.96. The number of benzene rings is 1. The highest BCUT2D eigenvalue weighted by Crippen LogP contribution is 2.38. The smallest absolute Gasteiger partial charge is 0.230 e. The summed E-state index contributed by atoms with van der Waals surface area (Å²) in [4.78, 5) is 19.1. The second kappa shape index (κ2) is 3.33. The molecule has 2 aromatic rings. The Balaban J connectivity index is 1.81. The number of anilines is 1. The summed E-state index contributed by atoms with van der Waals surface area (Å²) in [6.45, 7) is 2.09. The van der Waals surface area contributed by atoms with Crippen molar-refractivity contribution in [2.45, 2.75) is 13.3 Å². The number of hydrogen-bond donors (Lipinski definition) is 2. The molecule has 1 aliphatic rings. The normalized spacial score (nSPS) is 23.3. The Hall–Kier alpha value is -1.84. The van der Waals surface area contributed by atoms with Gasteiger partial charge in [-0.15, -0.1) is 0 Å². The summed E-state index contributed by atoms with van der Waals surface area (Å²) in [5.41, 5.74) is 1.82. The van der Waals surface area contributed by atoms with Gasteiger partial charge in [0.05, 0.1) is 11.0 Å². The lowest BCUT2D eigenvalue weighted by molar-refractivity contribution is -0.117. The third-order valence-corrected chi connectivity index (χ3v) is 3.08. The molecule has 1 aliphatic carbocycles. The molecule has 1 heterocycles. The first-order valence-electron chi connectivity index (χ1n) is 5.49. The standard InChI is InChI=1S/C12H13N3O/c1-7-6-8(7)11(16)15-12-13-9-4-2-3-5-10(9)14-12/h2-5,7-8H,6H2,1H3,(H2,13,14,15,16)/t7-,8-/m1/s1. The SMILES string of the molecule is C[C@@H]1C[C@H]1C(=O)Nc1nc2ccccc2[nH]1. The predicted octanol–water partition coefficient (Wildman–Crippen LogP) is 2.16. The zero-order valence-corrected chi connectivity index (χ0v) is 9.03. The second-order valence-electron chi connectivity index (χ2n) is 4.41. The Bertz CT molecular complexity index is 513. The molecule has 16 heavy (non-hydrogen) atoms. The molecule has 1 aromatic heterocycles. The number of rotatable bonds is 2. The van der Waals surface area contributed by atoms with E-state index in [0.717, 1.165) is 17.5 Å². The molecule has 4 nitrogen and oxygen atoms in total. The van der Waals surface area contributed by atoms with Crippen LogP contribution in [0.25, 0.3) is 11.0 Å². The van der Waals surface area contributed by atoms with Gasteiger partial charge in [-0.25, -0.2) is 4.98 Å². The highest BCUT2D eigenvalue weighted by atomic mass is 16.2. The van der Waals surface area contributed by atoms with Crippen LogP contribution in [-0.2, 0) is 4.79 Å². The summed E-state index contributed by atoms with van der Waals surface area (Å²) in [6, 6.07) is 7.73. The summed E-state index contributed by atoms with van der Waals surface area (Å²) < 4.78 is 0. The minimum atomic E-state index is 0.0755. The van der Waals surface area contributed by atoms with E-state index in [-0.39, 0.29) is 11.8 Å². The van der Waals surface area contributed by atoms with Gasteiger partial charge in [0.25, 0.3) is 0 Å². The van der Waals surface area contributed by atoms with E-state index in [0.29, 0.717) is 11.9 Å². The summed E-state index contributed by atoms with van der Waals surface area (Å²) in [5.74, 6) is 1.31. The lowest BCUT2D eigenvalue weighted by Crippen LogP contribution is -2.15. The number of aromatic nitrogens is 2. The van der Waals surface area contributed by atoms with E-state index in [1.54, 1.807) is 0 Å². The van der Waals surface area contributed by atoms with Crippen molar-refractivity contribution in [1.82, 2.24) is 9.97 Å². The summed E-state index contributed by atoms with van der Waals surface area (Å²) in [7, 11) is 0. The number of hydrogen-bond acceptors (Lipinski definition) is 2. The number of para-hydroxylation sites is 2. The third-order valence-electron chi connectivity index (χ3n) is 3.08. The maximum absolute atomic E-state index is 11.7. The Morgan fingerprint density at radius 1 is 1.50 bits per heavy atom. The van der Waals surface area contributed by atoms with E-state index >= 15 is 0 Å². The van der Waals surface area contributed by atoms with Gasteiger partial charge in [0, 0.05) is 5.92 Å². The zero-order chi connectivity index (χ0) is 11.1. The molecule has 0 spiro atoms. The number of aromatic amines is 1. The Morgan fingerprint density at radius 3 is 2.94 bits per heavy atom. The van der Waals surface area contributed by atoms with Crippen LogP contribution in [0, 0.1) is 11.8 Å². The minimum absolute atomic E-state index is 0.0755. The van der Waals surface area contributed by atoms with Crippen molar-refractivity contribution in [3.8, 4) is 0 Å². The van der Waals surface area contributed by atoms with E-state index in [2.05, 4.69) is 22.2 Å². The van der Waals surface area contributed by atoms with Crippen LogP contribution in [-0.4, -0.2) is 15.9 Å².